The molecule has 0 bridgehead atoms. The minimum absolute atomic E-state index is 0.396. The predicted molar refractivity (Wildman–Crippen MR) is 83.3 cm³/mol. The maximum atomic E-state index is 6.11. The van der Waals surface area contributed by atoms with Gasteiger partial charge in [-0.05, 0) is 58.5 Å². The van der Waals surface area contributed by atoms with Crippen LogP contribution in [0.2, 0.25) is 0 Å². The fourth-order valence-electron chi connectivity index (χ4n) is 2.50. The number of hydrogen-bond acceptors (Lipinski definition) is 2. The molecule has 0 aromatic heterocycles. The highest BCUT2D eigenvalue weighted by Crippen LogP contribution is 2.37. The van der Waals surface area contributed by atoms with Gasteiger partial charge in [-0.1, -0.05) is 20.8 Å². The number of nitrogens with zero attached hydrogens (tertiary/aromatic N) is 1. The van der Waals surface area contributed by atoms with E-state index in [1.807, 2.05) is 0 Å². The minimum atomic E-state index is 0.396. The molecule has 1 aliphatic heterocycles. The van der Waals surface area contributed by atoms with Crippen LogP contribution in [0.3, 0.4) is 0 Å². The van der Waals surface area contributed by atoms with E-state index in [-0.39, 0.29) is 0 Å². The van der Waals surface area contributed by atoms with E-state index in [0.29, 0.717) is 5.41 Å². The van der Waals surface area contributed by atoms with E-state index < -0.39 is 0 Å². The molecule has 2 rings (SSSR count). The number of halogens is 1. The van der Waals surface area contributed by atoms with Crippen LogP contribution in [0.15, 0.2) is 18.2 Å². The monoisotopic (exact) mass is 344 g/mol. The second-order valence-electron chi connectivity index (χ2n) is 6.00. The second-order valence-corrected chi connectivity index (χ2v) is 7.25. The van der Waals surface area contributed by atoms with E-state index in [1.54, 1.807) is 0 Å². The van der Waals surface area contributed by atoms with Gasteiger partial charge in [0.1, 0.15) is 0 Å². The van der Waals surface area contributed by atoms with E-state index >= 15 is 0 Å². The zero-order chi connectivity index (χ0) is 12.6. The van der Waals surface area contributed by atoms with Gasteiger partial charge in [-0.25, -0.2) is 0 Å². The predicted octanol–water partition coefficient (Wildman–Crippen LogP) is 3.75. The maximum Gasteiger partial charge on any atom is 0.0600 e. The van der Waals surface area contributed by atoms with E-state index in [9.17, 15) is 0 Å². The van der Waals surface area contributed by atoms with Gasteiger partial charge < -0.3 is 10.6 Å². The highest BCUT2D eigenvalue weighted by Gasteiger charge is 2.32. The molecule has 1 heterocycles. The summed E-state index contributed by atoms with van der Waals surface area (Å²) in [6.45, 7) is 9.26. The van der Waals surface area contributed by atoms with Crippen molar-refractivity contribution in [3.05, 3.63) is 21.8 Å². The molecular weight excluding hydrogens is 323 g/mol. The molecule has 0 radical (unpaired) electrons. The first-order valence-corrected chi connectivity index (χ1v) is 7.26. The van der Waals surface area contributed by atoms with Gasteiger partial charge in [0.25, 0.3) is 0 Å². The van der Waals surface area contributed by atoms with Crippen LogP contribution >= 0.6 is 22.6 Å². The Kier molecular flexibility index (Phi) is 3.57. The van der Waals surface area contributed by atoms with Crippen molar-refractivity contribution < 1.29 is 0 Å². The SMILES string of the molecule is CC(C)(C)C1CCN(c2ccc(I)cc2N)C1. The Morgan fingerprint density at radius 1 is 1.35 bits per heavy atom. The normalized spacial score (nSPS) is 20.9. The number of nitrogens with two attached hydrogens (primary N) is 1. The molecule has 17 heavy (non-hydrogen) atoms. The van der Waals surface area contributed by atoms with Crippen LogP contribution in [0.1, 0.15) is 27.2 Å². The lowest BCUT2D eigenvalue weighted by molar-refractivity contribution is 0.263. The average molecular weight is 344 g/mol. The van der Waals surface area contributed by atoms with E-state index in [1.165, 1.54) is 15.7 Å². The standard InChI is InChI=1S/C14H21IN2/c1-14(2,3)10-6-7-17(9-10)13-5-4-11(15)8-12(13)16/h4-5,8,10H,6-7,9,16H2,1-3H3. The zero-order valence-electron chi connectivity index (χ0n) is 10.8. The molecule has 1 aromatic carbocycles. The topological polar surface area (TPSA) is 29.3 Å². The van der Waals surface area contributed by atoms with Crippen LogP contribution in [-0.4, -0.2) is 13.1 Å². The van der Waals surface area contributed by atoms with Crippen molar-refractivity contribution in [2.45, 2.75) is 27.2 Å². The lowest BCUT2D eigenvalue weighted by atomic mass is 9.80. The summed E-state index contributed by atoms with van der Waals surface area (Å²) in [5, 5.41) is 0. The molecule has 2 nitrogen and oxygen atoms in total. The maximum absolute atomic E-state index is 6.11. The summed E-state index contributed by atoms with van der Waals surface area (Å²) >= 11 is 2.30. The molecule has 94 valence electrons. The highest BCUT2D eigenvalue weighted by atomic mass is 127. The lowest BCUT2D eigenvalue weighted by Crippen LogP contribution is -2.26. The van der Waals surface area contributed by atoms with Gasteiger partial charge in [0.2, 0.25) is 0 Å². The largest absolute Gasteiger partial charge is 0.397 e. The van der Waals surface area contributed by atoms with E-state index in [2.05, 4.69) is 66.5 Å². The van der Waals surface area contributed by atoms with Gasteiger partial charge in [-0.2, -0.15) is 0 Å². The molecule has 1 unspecified atom stereocenters. The van der Waals surface area contributed by atoms with Gasteiger partial charge in [-0.3, -0.25) is 0 Å². The summed E-state index contributed by atoms with van der Waals surface area (Å²) in [5.74, 6) is 0.765. The van der Waals surface area contributed by atoms with Crippen LogP contribution in [-0.2, 0) is 0 Å². The fourth-order valence-corrected chi connectivity index (χ4v) is 3.01. The fraction of sp³-hybridized carbons (Fsp3) is 0.571. The Hall–Kier alpha value is -0.450. The Balaban J connectivity index is 2.15. The zero-order valence-corrected chi connectivity index (χ0v) is 13.0. The molecule has 0 aliphatic carbocycles. The highest BCUT2D eigenvalue weighted by molar-refractivity contribution is 14.1. The third-order valence-electron chi connectivity index (χ3n) is 3.74. The smallest absolute Gasteiger partial charge is 0.0600 e. The van der Waals surface area contributed by atoms with Gasteiger partial charge in [0, 0.05) is 16.7 Å². The quantitative estimate of drug-likeness (QED) is 0.621. The number of hydrogen-bond donors (Lipinski definition) is 1. The first-order valence-electron chi connectivity index (χ1n) is 6.18. The number of rotatable bonds is 1. The molecular formula is C14H21IN2. The molecule has 1 aromatic rings. The Bertz CT molecular complexity index is 409. The summed E-state index contributed by atoms with van der Waals surface area (Å²) < 4.78 is 1.20. The van der Waals surface area contributed by atoms with Crippen LogP contribution in [0.5, 0.6) is 0 Å². The van der Waals surface area contributed by atoms with Gasteiger partial charge in [-0.15, -0.1) is 0 Å². The average Bonchev–Trinajstić information content (AvgIpc) is 2.65. The molecule has 0 spiro atoms. The molecule has 1 aliphatic rings. The summed E-state index contributed by atoms with van der Waals surface area (Å²) in [5.41, 5.74) is 8.62. The first kappa shape index (κ1) is 13.0. The molecule has 1 saturated heterocycles. The van der Waals surface area contributed by atoms with Crippen molar-refractivity contribution in [1.29, 1.82) is 0 Å². The number of benzene rings is 1. The Morgan fingerprint density at radius 2 is 2.06 bits per heavy atom. The molecule has 1 fully saturated rings. The summed E-state index contributed by atoms with van der Waals surface area (Å²) in [6.07, 6.45) is 1.27. The Morgan fingerprint density at radius 3 is 2.59 bits per heavy atom. The summed E-state index contributed by atoms with van der Waals surface area (Å²) in [7, 11) is 0. The van der Waals surface area contributed by atoms with Gasteiger partial charge >= 0.3 is 0 Å². The molecule has 1 atom stereocenters. The van der Waals surface area contributed by atoms with Crippen molar-refractivity contribution in [3.8, 4) is 0 Å². The van der Waals surface area contributed by atoms with E-state index in [0.717, 1.165) is 24.7 Å². The third kappa shape index (κ3) is 2.87. The van der Waals surface area contributed by atoms with Gasteiger partial charge in [0.15, 0.2) is 0 Å². The molecule has 3 heteroatoms. The van der Waals surface area contributed by atoms with Crippen molar-refractivity contribution in [1.82, 2.24) is 0 Å². The van der Waals surface area contributed by atoms with Crippen molar-refractivity contribution >= 4 is 34.0 Å². The molecule has 0 amide bonds. The lowest BCUT2D eigenvalue weighted by Gasteiger charge is -2.28. The molecule has 2 N–H and O–H groups in total. The van der Waals surface area contributed by atoms with E-state index in [4.69, 9.17) is 5.73 Å². The van der Waals surface area contributed by atoms with Crippen molar-refractivity contribution in [3.63, 3.8) is 0 Å². The first-order chi connectivity index (χ1) is 7.88. The third-order valence-corrected chi connectivity index (χ3v) is 4.41. The van der Waals surface area contributed by atoms with Gasteiger partial charge in [0.05, 0.1) is 11.4 Å². The van der Waals surface area contributed by atoms with Crippen LogP contribution < -0.4 is 10.6 Å². The van der Waals surface area contributed by atoms with Crippen molar-refractivity contribution in [2.24, 2.45) is 11.3 Å². The number of anilines is 2. The van der Waals surface area contributed by atoms with Crippen LogP contribution in [0, 0.1) is 14.9 Å². The summed E-state index contributed by atoms with van der Waals surface area (Å²) in [4.78, 5) is 2.43. The van der Waals surface area contributed by atoms with Crippen LogP contribution in [0.25, 0.3) is 0 Å². The second kappa shape index (κ2) is 4.67. The molecule has 0 saturated carbocycles. The summed E-state index contributed by atoms with van der Waals surface area (Å²) in [6, 6.07) is 6.35. The number of nitrogen functional groups attached to an aromatic ring is 1. The Labute approximate surface area is 118 Å². The minimum Gasteiger partial charge on any atom is -0.397 e. The van der Waals surface area contributed by atoms with Crippen molar-refractivity contribution in [2.75, 3.05) is 23.7 Å². The van der Waals surface area contributed by atoms with Crippen LogP contribution in [0.4, 0.5) is 11.4 Å².